The van der Waals surface area contributed by atoms with E-state index in [1.54, 1.807) is 0 Å². The highest BCUT2D eigenvalue weighted by atomic mass is 16.5. The molecule has 1 aliphatic heterocycles. The number of hydrogen-bond donors (Lipinski definition) is 1. The summed E-state index contributed by atoms with van der Waals surface area (Å²) in [5, 5.41) is 7.22. The third kappa shape index (κ3) is 3.28. The van der Waals surface area contributed by atoms with Crippen molar-refractivity contribution in [2.45, 2.75) is 18.9 Å². The molecule has 1 N–H and O–H groups in total. The fraction of sp³-hybridized carbons (Fsp3) is 0.833. The van der Waals surface area contributed by atoms with Crippen LogP contribution in [-0.2, 0) is 6.42 Å². The Morgan fingerprint density at radius 3 is 3.00 bits per heavy atom. The molecule has 6 nitrogen and oxygen atoms in total. The Morgan fingerprint density at radius 2 is 2.22 bits per heavy atom. The molecule has 18 heavy (non-hydrogen) atoms. The van der Waals surface area contributed by atoms with Crippen molar-refractivity contribution in [3.05, 3.63) is 11.7 Å². The first-order valence-electron chi connectivity index (χ1n) is 6.56. The van der Waals surface area contributed by atoms with Crippen LogP contribution in [0.5, 0.6) is 0 Å². The fourth-order valence-corrected chi connectivity index (χ4v) is 2.29. The first kappa shape index (κ1) is 13.5. The van der Waals surface area contributed by atoms with Crippen LogP contribution >= 0.6 is 0 Å². The Balaban J connectivity index is 2.05. The summed E-state index contributed by atoms with van der Waals surface area (Å²) in [4.78, 5) is 9.16. The zero-order valence-corrected chi connectivity index (χ0v) is 11.5. The van der Waals surface area contributed by atoms with Gasteiger partial charge in [-0.3, -0.25) is 4.90 Å². The molecule has 102 valence electrons. The number of likely N-dealkylation sites (N-methyl/N-ethyl adjacent to an activating group) is 3. The van der Waals surface area contributed by atoms with Crippen LogP contribution in [0.2, 0.25) is 0 Å². The molecule has 6 heteroatoms. The lowest BCUT2D eigenvalue weighted by atomic mass is 10.2. The second kappa shape index (κ2) is 6.26. The average molecular weight is 253 g/mol. The van der Waals surface area contributed by atoms with Gasteiger partial charge in [-0.15, -0.1) is 0 Å². The van der Waals surface area contributed by atoms with Crippen LogP contribution < -0.4 is 5.32 Å². The van der Waals surface area contributed by atoms with Gasteiger partial charge in [0.15, 0.2) is 5.82 Å². The first-order chi connectivity index (χ1) is 8.70. The van der Waals surface area contributed by atoms with Gasteiger partial charge in [0.05, 0.1) is 6.04 Å². The largest absolute Gasteiger partial charge is 0.339 e. The predicted octanol–water partition coefficient (Wildman–Crippen LogP) is 0.140. The van der Waals surface area contributed by atoms with Crippen molar-refractivity contribution in [3.63, 3.8) is 0 Å². The van der Waals surface area contributed by atoms with Crippen LogP contribution in [0.3, 0.4) is 0 Å². The van der Waals surface area contributed by atoms with E-state index in [4.69, 9.17) is 4.52 Å². The van der Waals surface area contributed by atoms with Gasteiger partial charge in [-0.2, -0.15) is 4.98 Å². The van der Waals surface area contributed by atoms with Gasteiger partial charge >= 0.3 is 0 Å². The summed E-state index contributed by atoms with van der Waals surface area (Å²) in [7, 11) is 6.20. The zero-order valence-electron chi connectivity index (χ0n) is 11.5. The Hall–Kier alpha value is -0.980. The molecule has 0 aromatic carbocycles. The maximum Gasteiger partial charge on any atom is 0.227 e. The summed E-state index contributed by atoms with van der Waals surface area (Å²) in [6.45, 7) is 4.03. The topological polar surface area (TPSA) is 57.4 Å². The molecule has 1 atom stereocenters. The summed E-state index contributed by atoms with van der Waals surface area (Å²) >= 11 is 0. The minimum atomic E-state index is 0.240. The van der Waals surface area contributed by atoms with E-state index in [9.17, 15) is 0 Å². The van der Waals surface area contributed by atoms with Crippen molar-refractivity contribution in [1.82, 2.24) is 25.3 Å². The molecule has 1 aliphatic rings. The first-order valence-corrected chi connectivity index (χ1v) is 6.56. The lowest BCUT2D eigenvalue weighted by molar-refractivity contribution is 0.214. The molecule has 2 rings (SSSR count). The highest BCUT2D eigenvalue weighted by Crippen LogP contribution is 2.20. The van der Waals surface area contributed by atoms with E-state index < -0.39 is 0 Å². The third-order valence-electron chi connectivity index (χ3n) is 3.44. The summed E-state index contributed by atoms with van der Waals surface area (Å²) in [6.07, 6.45) is 1.98. The van der Waals surface area contributed by atoms with Crippen LogP contribution in [0, 0.1) is 0 Å². The SMILES string of the molecule is CNCCc1nc(C2CN(C)CCCN2C)no1. The molecule has 1 aromatic rings. The van der Waals surface area contributed by atoms with Crippen LogP contribution in [0.1, 0.15) is 24.2 Å². The Labute approximate surface area is 108 Å². The lowest BCUT2D eigenvalue weighted by Crippen LogP contribution is -2.31. The maximum absolute atomic E-state index is 5.30. The van der Waals surface area contributed by atoms with Crippen LogP contribution in [-0.4, -0.2) is 67.3 Å². The molecule has 0 aliphatic carbocycles. The Morgan fingerprint density at radius 1 is 1.39 bits per heavy atom. The summed E-state index contributed by atoms with van der Waals surface area (Å²) in [5.41, 5.74) is 0. The zero-order chi connectivity index (χ0) is 13.0. The Bertz CT molecular complexity index is 367. The highest BCUT2D eigenvalue weighted by Gasteiger charge is 2.26. The van der Waals surface area contributed by atoms with E-state index >= 15 is 0 Å². The smallest absolute Gasteiger partial charge is 0.227 e. The molecular formula is C12H23N5O. The second-order valence-electron chi connectivity index (χ2n) is 5.01. The van der Waals surface area contributed by atoms with Gasteiger partial charge in [-0.1, -0.05) is 5.16 Å². The third-order valence-corrected chi connectivity index (χ3v) is 3.44. The van der Waals surface area contributed by atoms with Gasteiger partial charge in [-0.05, 0) is 40.7 Å². The number of nitrogens with zero attached hydrogens (tertiary/aromatic N) is 4. The second-order valence-corrected chi connectivity index (χ2v) is 5.01. The van der Waals surface area contributed by atoms with E-state index in [1.807, 2.05) is 7.05 Å². The molecule has 1 unspecified atom stereocenters. The van der Waals surface area contributed by atoms with Crippen molar-refractivity contribution < 1.29 is 4.52 Å². The molecule has 1 fully saturated rings. The molecule has 0 bridgehead atoms. The molecule has 1 aromatic heterocycles. The normalized spacial score (nSPS) is 23.2. The van der Waals surface area contributed by atoms with Crippen molar-refractivity contribution in [1.29, 1.82) is 0 Å². The van der Waals surface area contributed by atoms with Crippen molar-refractivity contribution in [2.75, 3.05) is 47.3 Å². The van der Waals surface area contributed by atoms with E-state index in [2.05, 4.69) is 39.4 Å². The van der Waals surface area contributed by atoms with Crippen molar-refractivity contribution in [2.24, 2.45) is 0 Å². The van der Waals surface area contributed by atoms with Crippen LogP contribution in [0.15, 0.2) is 4.52 Å². The molecular weight excluding hydrogens is 230 g/mol. The predicted molar refractivity (Wildman–Crippen MR) is 69.4 cm³/mol. The number of nitrogens with one attached hydrogen (secondary N) is 1. The van der Waals surface area contributed by atoms with E-state index in [-0.39, 0.29) is 6.04 Å². The molecule has 2 heterocycles. The molecule has 0 saturated carbocycles. The van der Waals surface area contributed by atoms with E-state index in [0.717, 1.165) is 44.3 Å². The average Bonchev–Trinajstić information content (AvgIpc) is 2.75. The minimum absolute atomic E-state index is 0.240. The lowest BCUT2D eigenvalue weighted by Gasteiger charge is -2.24. The molecule has 0 amide bonds. The number of hydrogen-bond acceptors (Lipinski definition) is 6. The molecule has 0 radical (unpaired) electrons. The van der Waals surface area contributed by atoms with Gasteiger partial charge in [0.25, 0.3) is 0 Å². The number of aromatic nitrogens is 2. The van der Waals surface area contributed by atoms with E-state index in [1.165, 1.54) is 6.42 Å². The van der Waals surface area contributed by atoms with Crippen LogP contribution in [0.25, 0.3) is 0 Å². The monoisotopic (exact) mass is 253 g/mol. The summed E-state index contributed by atoms with van der Waals surface area (Å²) in [6, 6.07) is 0.240. The van der Waals surface area contributed by atoms with E-state index in [0.29, 0.717) is 0 Å². The fourth-order valence-electron chi connectivity index (χ4n) is 2.29. The molecule has 1 saturated heterocycles. The minimum Gasteiger partial charge on any atom is -0.339 e. The standard InChI is InChI=1S/C12H23N5O/c1-13-6-5-11-14-12(15-18-11)10-9-16(2)7-4-8-17(10)3/h10,13H,4-9H2,1-3H3. The summed E-state index contributed by atoms with van der Waals surface area (Å²) in [5.74, 6) is 1.54. The van der Waals surface area contributed by atoms with Gasteiger partial charge in [-0.25, -0.2) is 0 Å². The number of rotatable bonds is 4. The highest BCUT2D eigenvalue weighted by molar-refractivity contribution is 4.97. The molecule has 0 spiro atoms. The summed E-state index contributed by atoms with van der Waals surface area (Å²) < 4.78 is 5.30. The van der Waals surface area contributed by atoms with Gasteiger partial charge in [0.1, 0.15) is 0 Å². The van der Waals surface area contributed by atoms with Crippen molar-refractivity contribution >= 4 is 0 Å². The van der Waals surface area contributed by atoms with Crippen LogP contribution in [0.4, 0.5) is 0 Å². The van der Waals surface area contributed by atoms with Crippen molar-refractivity contribution in [3.8, 4) is 0 Å². The Kier molecular flexibility index (Phi) is 4.68. The maximum atomic E-state index is 5.30. The quantitative estimate of drug-likeness (QED) is 0.824. The van der Waals surface area contributed by atoms with Gasteiger partial charge in [0.2, 0.25) is 5.89 Å². The van der Waals surface area contributed by atoms with Gasteiger partial charge < -0.3 is 14.7 Å². The van der Waals surface area contributed by atoms with Gasteiger partial charge in [0, 0.05) is 19.5 Å².